The highest BCUT2D eigenvalue weighted by atomic mass is 32.2. The van der Waals surface area contributed by atoms with Gasteiger partial charge in [-0.3, -0.25) is 19.2 Å². The van der Waals surface area contributed by atoms with Crippen molar-refractivity contribution in [1.82, 2.24) is 15.0 Å². The fourth-order valence-corrected chi connectivity index (χ4v) is 8.38. The monoisotopic (exact) mass is 993 g/mol. The lowest BCUT2D eigenvalue weighted by atomic mass is 9.96. The summed E-state index contributed by atoms with van der Waals surface area (Å²) in [4.78, 5) is 54.5. The van der Waals surface area contributed by atoms with Crippen molar-refractivity contribution in [3.05, 3.63) is 132 Å². The van der Waals surface area contributed by atoms with E-state index in [1.807, 2.05) is 42.5 Å². The molecule has 0 spiro atoms. The van der Waals surface area contributed by atoms with E-state index < -0.39 is 10.0 Å². The molecule has 6 aromatic rings. The molecule has 0 radical (unpaired) electrons. The van der Waals surface area contributed by atoms with Gasteiger partial charge in [0.2, 0.25) is 23.6 Å². The molecule has 0 aliphatic rings. The molecule has 0 unspecified atom stereocenters. The van der Waals surface area contributed by atoms with Gasteiger partial charge in [0, 0.05) is 49.3 Å². The fourth-order valence-electron chi connectivity index (χ4n) is 7.18. The minimum absolute atomic E-state index is 0.0201. The quantitative estimate of drug-likeness (QED) is 0.0311. The average molecular weight is 994 g/mol. The number of ether oxygens (including phenoxy) is 5. The van der Waals surface area contributed by atoms with Gasteiger partial charge >= 0.3 is 0 Å². The summed E-state index contributed by atoms with van der Waals surface area (Å²) in [5.74, 6) is 0.565. The number of hydrogen-bond acceptors (Lipinski definition) is 15. The summed E-state index contributed by atoms with van der Waals surface area (Å²) in [7, 11) is -2.37. The summed E-state index contributed by atoms with van der Waals surface area (Å²) < 4.78 is 68.1. The molecule has 0 fully saturated rings. The third kappa shape index (κ3) is 18.0. The number of carbonyl (C=O) groups is 4. The molecule has 0 bridgehead atoms. The van der Waals surface area contributed by atoms with Crippen LogP contribution in [0.4, 0.5) is 11.6 Å². The average Bonchev–Trinajstić information content (AvgIpc) is 4.10. The lowest BCUT2D eigenvalue weighted by Crippen LogP contribution is -2.26. The Morgan fingerprint density at radius 1 is 0.690 bits per heavy atom. The van der Waals surface area contributed by atoms with Crippen LogP contribution >= 0.6 is 0 Å². The standard InChI is InChI=1S/C52H59N5O13S/c1-38(58)35-44(59)16-9-39-7-14-43(15-8-39)55-49(60)22-25-64-27-28-65-29-30-66-31-32-67-33-34-68-45-17-10-40(11-18-45)12-20-51(61)57(2)37-42-36-41(52-53-24-26-69-52)13-19-46(42)47-5-3-4-6-48(47)71(62,63)56-50-21-23-54-70-50/h3-8,10-11,13-15,17-19,21,23-24,26,36,56H,9,12,16,20,22,25,27-35,37H2,1-2H3,(H,55,60). The topological polar surface area (TPSA) is 228 Å². The number of nitrogens with one attached hydrogen (secondary N) is 2. The van der Waals surface area contributed by atoms with Crippen LogP contribution < -0.4 is 14.8 Å². The second kappa shape index (κ2) is 28.0. The number of aryl methyl sites for hydroxylation is 2. The van der Waals surface area contributed by atoms with Crippen molar-refractivity contribution in [2.24, 2.45) is 0 Å². The molecule has 6 rings (SSSR count). The molecule has 0 atom stereocenters. The van der Waals surface area contributed by atoms with E-state index in [1.54, 1.807) is 54.4 Å². The first-order valence-electron chi connectivity index (χ1n) is 23.2. The Morgan fingerprint density at radius 3 is 1.99 bits per heavy atom. The first-order valence-corrected chi connectivity index (χ1v) is 24.6. The Bertz CT molecular complexity index is 2710. The summed E-state index contributed by atoms with van der Waals surface area (Å²) in [6, 6.07) is 28.3. The molecule has 0 saturated carbocycles. The molecular formula is C52H59N5O13S. The van der Waals surface area contributed by atoms with E-state index in [2.05, 4.69) is 20.2 Å². The van der Waals surface area contributed by atoms with Crippen molar-refractivity contribution in [2.75, 3.05) is 76.5 Å². The Morgan fingerprint density at radius 2 is 1.34 bits per heavy atom. The van der Waals surface area contributed by atoms with Crippen molar-refractivity contribution in [3.63, 3.8) is 0 Å². The van der Waals surface area contributed by atoms with Gasteiger partial charge in [0.15, 0.2) is 0 Å². The largest absolute Gasteiger partial charge is 0.491 e. The number of benzene rings is 4. The Balaban J connectivity index is 0.812. The van der Waals surface area contributed by atoms with E-state index in [0.29, 0.717) is 112 Å². The van der Waals surface area contributed by atoms with Crippen LogP contribution in [0.25, 0.3) is 22.6 Å². The molecule has 2 heterocycles. The Labute approximate surface area is 413 Å². The van der Waals surface area contributed by atoms with E-state index >= 15 is 0 Å². The number of oxazole rings is 1. The van der Waals surface area contributed by atoms with Crippen molar-refractivity contribution >= 4 is 45.0 Å². The molecule has 2 amide bonds. The van der Waals surface area contributed by atoms with Crippen LogP contribution in [-0.2, 0) is 67.5 Å². The van der Waals surface area contributed by atoms with E-state index in [1.165, 1.54) is 37.7 Å². The number of carbonyl (C=O) groups excluding carboxylic acids is 4. The summed E-state index contributed by atoms with van der Waals surface area (Å²) in [6.07, 6.45) is 6.12. The summed E-state index contributed by atoms with van der Waals surface area (Å²) in [5, 5.41) is 6.40. The van der Waals surface area contributed by atoms with Gasteiger partial charge in [-0.2, -0.15) is 0 Å². The predicted molar refractivity (Wildman–Crippen MR) is 263 cm³/mol. The summed E-state index contributed by atoms with van der Waals surface area (Å²) in [6.45, 7) is 4.88. The third-order valence-electron chi connectivity index (χ3n) is 10.8. The van der Waals surface area contributed by atoms with Crippen LogP contribution in [0.3, 0.4) is 0 Å². The molecule has 2 N–H and O–H groups in total. The van der Waals surface area contributed by atoms with Gasteiger partial charge in [0.1, 0.15) is 30.2 Å². The van der Waals surface area contributed by atoms with E-state index in [-0.39, 0.29) is 66.6 Å². The van der Waals surface area contributed by atoms with Crippen LogP contribution in [0, 0.1) is 0 Å². The molecule has 71 heavy (non-hydrogen) atoms. The number of ketones is 2. The van der Waals surface area contributed by atoms with Crippen LogP contribution in [-0.4, -0.2) is 113 Å². The van der Waals surface area contributed by atoms with Crippen molar-refractivity contribution in [2.45, 2.75) is 56.9 Å². The number of rotatable bonds is 32. The van der Waals surface area contributed by atoms with E-state index in [0.717, 1.165) is 11.1 Å². The Hall–Kier alpha value is -7.03. The molecular weight excluding hydrogens is 935 g/mol. The molecule has 2 aromatic heterocycles. The zero-order valence-corrected chi connectivity index (χ0v) is 40.7. The van der Waals surface area contributed by atoms with Gasteiger partial charge in [0.25, 0.3) is 10.0 Å². The second-order valence-corrected chi connectivity index (χ2v) is 17.9. The number of hydrogen-bond donors (Lipinski definition) is 2. The van der Waals surface area contributed by atoms with Gasteiger partial charge in [-0.05, 0) is 84.5 Å². The molecule has 19 heteroatoms. The van der Waals surface area contributed by atoms with Gasteiger partial charge in [-0.1, -0.05) is 53.7 Å². The second-order valence-electron chi connectivity index (χ2n) is 16.3. The molecule has 4 aromatic carbocycles. The van der Waals surface area contributed by atoms with Gasteiger partial charge in [-0.25, -0.2) is 18.1 Å². The number of amides is 2. The molecule has 376 valence electrons. The number of sulfonamides is 1. The highest BCUT2D eigenvalue weighted by Crippen LogP contribution is 2.34. The van der Waals surface area contributed by atoms with Gasteiger partial charge < -0.3 is 42.8 Å². The number of aromatic nitrogens is 2. The van der Waals surface area contributed by atoms with Crippen molar-refractivity contribution in [1.29, 1.82) is 0 Å². The highest BCUT2D eigenvalue weighted by Gasteiger charge is 2.24. The smallest absolute Gasteiger partial charge is 0.264 e. The number of anilines is 2. The lowest BCUT2D eigenvalue weighted by Gasteiger charge is -2.21. The molecule has 0 aliphatic heterocycles. The van der Waals surface area contributed by atoms with Crippen LogP contribution in [0.15, 0.2) is 130 Å². The van der Waals surface area contributed by atoms with Crippen LogP contribution in [0.5, 0.6) is 5.75 Å². The molecule has 18 nitrogen and oxygen atoms in total. The SMILES string of the molecule is CC(=O)CC(=O)CCc1ccc(NC(=O)CCOCCOCCOCCOCCOc2ccc(CCC(=O)N(C)Cc3cc(-c4ncco4)ccc3-c3ccccc3S(=O)(=O)Nc3ccno3)cc2)cc1. The van der Waals surface area contributed by atoms with Crippen molar-refractivity contribution in [3.8, 4) is 28.3 Å². The summed E-state index contributed by atoms with van der Waals surface area (Å²) >= 11 is 0. The first-order chi connectivity index (χ1) is 34.4. The third-order valence-corrected chi connectivity index (χ3v) is 12.2. The molecule has 0 saturated heterocycles. The lowest BCUT2D eigenvalue weighted by molar-refractivity contribution is -0.130. The minimum Gasteiger partial charge on any atom is -0.491 e. The highest BCUT2D eigenvalue weighted by molar-refractivity contribution is 7.92. The van der Waals surface area contributed by atoms with Crippen LogP contribution in [0.1, 0.15) is 49.3 Å². The zero-order valence-electron chi connectivity index (χ0n) is 39.8. The van der Waals surface area contributed by atoms with E-state index in [4.69, 9.17) is 32.6 Å². The maximum Gasteiger partial charge on any atom is 0.264 e. The maximum absolute atomic E-state index is 13.5. The predicted octanol–water partition coefficient (Wildman–Crippen LogP) is 7.34. The number of Topliss-reactive ketones (excluding diaryl/α,β-unsaturated/α-hetero) is 2. The van der Waals surface area contributed by atoms with Crippen molar-refractivity contribution < 1.29 is 60.2 Å². The van der Waals surface area contributed by atoms with Gasteiger partial charge in [-0.15, -0.1) is 0 Å². The minimum atomic E-state index is -4.08. The zero-order chi connectivity index (χ0) is 50.3. The summed E-state index contributed by atoms with van der Waals surface area (Å²) in [5.41, 5.74) is 4.99. The van der Waals surface area contributed by atoms with E-state index in [9.17, 15) is 27.6 Å². The Kier molecular flexibility index (Phi) is 21.0. The number of nitrogens with zero attached hydrogens (tertiary/aromatic N) is 3. The first kappa shape index (κ1) is 53.3. The normalized spacial score (nSPS) is 11.3. The maximum atomic E-state index is 13.5. The molecule has 0 aliphatic carbocycles. The van der Waals surface area contributed by atoms with Gasteiger partial charge in [0.05, 0.1) is 83.0 Å². The fraction of sp³-hybridized carbons (Fsp3) is 0.346. The van der Waals surface area contributed by atoms with Crippen LogP contribution in [0.2, 0.25) is 0 Å².